The number of ether oxygens (including phenoxy) is 6. The van der Waals surface area contributed by atoms with Crippen molar-refractivity contribution in [1.82, 2.24) is 5.32 Å². The fraction of sp³-hybridized carbons (Fsp3) is 0.845. The molecule has 0 bridgehead atoms. The van der Waals surface area contributed by atoms with E-state index >= 15 is 0 Å². The first kappa shape index (κ1) is 94.4. The van der Waals surface area contributed by atoms with Crippen molar-refractivity contribution in [2.75, 3.05) is 26.4 Å². The van der Waals surface area contributed by atoms with Crippen LogP contribution < -0.4 is 5.32 Å². The van der Waals surface area contributed by atoms with E-state index in [0.717, 1.165) is 64.2 Å². The molecule has 3 aliphatic rings. The minimum atomic E-state index is -1.98. The van der Waals surface area contributed by atoms with Gasteiger partial charge >= 0.3 is 0 Å². The van der Waals surface area contributed by atoms with Gasteiger partial charge in [0.2, 0.25) is 5.91 Å². The van der Waals surface area contributed by atoms with Crippen LogP contribution in [-0.2, 0) is 33.2 Å². The summed E-state index contributed by atoms with van der Waals surface area (Å²) in [6.07, 6.45) is 57.5. The van der Waals surface area contributed by atoms with Gasteiger partial charge in [-0.1, -0.05) is 318 Å². The zero-order chi connectivity index (χ0) is 74.6. The summed E-state index contributed by atoms with van der Waals surface area (Å²) in [4.78, 5) is 13.5. The lowest BCUT2D eigenvalue weighted by atomic mass is 9.96. The molecule has 3 fully saturated rings. The van der Waals surface area contributed by atoms with E-state index in [1.165, 1.54) is 225 Å². The molecular formula is C84H151NO18. The SMILES string of the molecule is CC/C=C\C/C=C\C/C=C\C/C=C\CCCCCCCCCCCCCCCCCCCCCCC(=O)NC(COC1OC(CO)C(OC2OC(CO)C(OC3OC(CO)C(O)C(O)C3O)C(O)C2O)C(O)C1O)C(O)/C=C/CC/C=C/CCCCCCCCCCCCCCCCCCCCC. The molecule has 3 rings (SSSR count). The summed E-state index contributed by atoms with van der Waals surface area (Å²) >= 11 is 0. The third-order valence-electron chi connectivity index (χ3n) is 20.5. The van der Waals surface area contributed by atoms with Crippen molar-refractivity contribution < 1.29 is 89.4 Å². The van der Waals surface area contributed by atoms with Crippen LogP contribution in [0.4, 0.5) is 0 Å². The number of hydrogen-bond donors (Lipinski definition) is 12. The van der Waals surface area contributed by atoms with Crippen molar-refractivity contribution in [3.05, 3.63) is 72.9 Å². The van der Waals surface area contributed by atoms with Crippen molar-refractivity contribution >= 4 is 5.91 Å². The Morgan fingerprint density at radius 2 is 0.680 bits per heavy atom. The van der Waals surface area contributed by atoms with Crippen molar-refractivity contribution in [2.24, 2.45) is 0 Å². The van der Waals surface area contributed by atoms with Crippen molar-refractivity contribution in [2.45, 2.75) is 426 Å². The minimum Gasteiger partial charge on any atom is -0.394 e. The van der Waals surface area contributed by atoms with E-state index in [0.29, 0.717) is 12.8 Å². The molecule has 0 radical (unpaired) electrons. The number of unbranched alkanes of at least 4 members (excludes halogenated alkanes) is 40. The third kappa shape index (κ3) is 43.9. The second-order valence-corrected chi connectivity index (χ2v) is 29.6. The molecule has 0 aromatic carbocycles. The molecular weight excluding hydrogens is 1310 g/mol. The second kappa shape index (κ2) is 64.1. The number of nitrogens with one attached hydrogen (secondary N) is 1. The monoisotopic (exact) mass is 1460 g/mol. The largest absolute Gasteiger partial charge is 0.394 e. The van der Waals surface area contributed by atoms with E-state index in [4.69, 9.17) is 28.4 Å². The molecule has 12 N–H and O–H groups in total. The predicted octanol–water partition coefficient (Wildman–Crippen LogP) is 14.4. The Balaban J connectivity index is 1.36. The standard InChI is InChI=1S/C84H151NO18/c1-3-5-7-9-11-13-15-17-19-21-23-25-27-29-30-31-32-33-34-35-36-38-40-42-44-46-48-50-52-54-56-58-60-62-72(90)85-67(68(89)61-59-57-55-53-51-49-47-45-43-41-39-37-28-26-24-22-20-18-16-14-12-10-8-6-4-2)66-98-82-78(96)75(93)80(70(64-87)100-82)103-84-79(97)76(94)81(71(65-88)101-84)102-83-77(95)74(92)73(91)69(63-86)99-83/h5,7,11,13,17,19,23,25,51,53,59,61,67-71,73-84,86-89,91-97H,3-4,6,8-10,12,14-16,18,20-22,24,26-50,52,54-58,60,62-66H2,1-2H3,(H,85,90)/b7-5-,13-11-,19-17-,25-23-,53-51+,61-59+. The zero-order valence-corrected chi connectivity index (χ0v) is 64.3. The van der Waals surface area contributed by atoms with E-state index in [1.807, 2.05) is 6.08 Å². The lowest BCUT2D eigenvalue weighted by Gasteiger charge is -2.48. The number of allylic oxidation sites excluding steroid dienone is 11. The van der Waals surface area contributed by atoms with Gasteiger partial charge in [0.1, 0.15) is 73.2 Å². The maximum Gasteiger partial charge on any atom is 0.220 e. The van der Waals surface area contributed by atoms with Gasteiger partial charge in [0.05, 0.1) is 38.6 Å². The van der Waals surface area contributed by atoms with Crippen molar-refractivity contribution in [1.29, 1.82) is 0 Å². The average molecular weight is 1460 g/mol. The molecule has 0 aliphatic carbocycles. The van der Waals surface area contributed by atoms with E-state index in [2.05, 4.69) is 79.9 Å². The van der Waals surface area contributed by atoms with Crippen LogP contribution >= 0.6 is 0 Å². The fourth-order valence-electron chi connectivity index (χ4n) is 13.8. The molecule has 3 aliphatic heterocycles. The van der Waals surface area contributed by atoms with Crippen LogP contribution in [0.3, 0.4) is 0 Å². The van der Waals surface area contributed by atoms with Crippen molar-refractivity contribution in [3.63, 3.8) is 0 Å². The zero-order valence-electron chi connectivity index (χ0n) is 64.3. The first-order chi connectivity index (χ1) is 50.3. The van der Waals surface area contributed by atoms with Crippen molar-refractivity contribution in [3.8, 4) is 0 Å². The lowest BCUT2D eigenvalue weighted by molar-refractivity contribution is -0.379. The second-order valence-electron chi connectivity index (χ2n) is 29.6. The Morgan fingerprint density at radius 1 is 0.359 bits per heavy atom. The van der Waals surface area contributed by atoms with Crippen LogP contribution in [0.15, 0.2) is 72.9 Å². The van der Waals surface area contributed by atoms with Gasteiger partial charge in [-0.3, -0.25) is 4.79 Å². The van der Waals surface area contributed by atoms with Crippen LogP contribution in [-0.4, -0.2) is 193 Å². The predicted molar refractivity (Wildman–Crippen MR) is 411 cm³/mol. The molecule has 3 saturated heterocycles. The Kier molecular flexibility index (Phi) is 58.8. The normalized spacial score (nSPS) is 26.4. The van der Waals surface area contributed by atoms with Gasteiger partial charge in [-0.05, 0) is 70.6 Å². The quantitative estimate of drug-likeness (QED) is 0.0199. The topological polar surface area (TPSA) is 307 Å². The molecule has 0 saturated carbocycles. The van der Waals surface area contributed by atoms with Gasteiger partial charge in [0.25, 0.3) is 0 Å². The molecule has 17 unspecified atom stereocenters. The number of aliphatic hydroxyl groups excluding tert-OH is 11. The average Bonchev–Trinajstić information content (AvgIpc) is 0.781. The molecule has 600 valence electrons. The van der Waals surface area contributed by atoms with Gasteiger partial charge in [-0.15, -0.1) is 0 Å². The Morgan fingerprint density at radius 3 is 1.09 bits per heavy atom. The summed E-state index contributed by atoms with van der Waals surface area (Å²) in [6.45, 7) is 1.65. The minimum absolute atomic E-state index is 0.236. The molecule has 103 heavy (non-hydrogen) atoms. The van der Waals surface area contributed by atoms with Gasteiger partial charge in [0, 0.05) is 6.42 Å². The summed E-state index contributed by atoms with van der Waals surface area (Å²) in [5.74, 6) is -0.281. The number of rotatable bonds is 66. The Bertz CT molecular complexity index is 2140. The smallest absolute Gasteiger partial charge is 0.220 e. The first-order valence-electron chi connectivity index (χ1n) is 41.7. The number of carbonyl (C=O) groups is 1. The molecule has 19 nitrogen and oxygen atoms in total. The summed E-state index contributed by atoms with van der Waals surface area (Å²) in [5, 5.41) is 121. The van der Waals surface area contributed by atoms with E-state index in [-0.39, 0.29) is 18.9 Å². The number of aliphatic hydroxyl groups is 11. The molecule has 19 heteroatoms. The third-order valence-corrected chi connectivity index (χ3v) is 20.5. The lowest BCUT2D eigenvalue weighted by Crippen LogP contribution is -2.66. The summed E-state index contributed by atoms with van der Waals surface area (Å²) in [5.41, 5.74) is 0. The van der Waals surface area contributed by atoms with Crippen LogP contribution in [0.2, 0.25) is 0 Å². The van der Waals surface area contributed by atoms with E-state index in [1.54, 1.807) is 6.08 Å². The molecule has 17 atom stereocenters. The summed E-state index contributed by atoms with van der Waals surface area (Å²) in [6, 6.07) is -0.993. The molecule has 0 aromatic heterocycles. The van der Waals surface area contributed by atoms with Gasteiger partial charge in [0.15, 0.2) is 18.9 Å². The molecule has 1 amide bonds. The van der Waals surface area contributed by atoms with Gasteiger partial charge in [-0.2, -0.15) is 0 Å². The number of carbonyl (C=O) groups excluding carboxylic acids is 1. The van der Waals surface area contributed by atoms with Gasteiger partial charge in [-0.25, -0.2) is 0 Å². The molecule has 0 spiro atoms. The maximum atomic E-state index is 13.5. The number of amides is 1. The summed E-state index contributed by atoms with van der Waals surface area (Å²) in [7, 11) is 0. The molecule has 3 heterocycles. The Hall–Kier alpha value is -2.77. The highest BCUT2D eigenvalue weighted by Gasteiger charge is 2.54. The Labute approximate surface area is 623 Å². The van der Waals surface area contributed by atoms with Crippen LogP contribution in [0.25, 0.3) is 0 Å². The highest BCUT2D eigenvalue weighted by atomic mass is 16.8. The highest BCUT2D eigenvalue weighted by molar-refractivity contribution is 5.76. The van der Waals surface area contributed by atoms with Crippen LogP contribution in [0.1, 0.15) is 322 Å². The first-order valence-corrected chi connectivity index (χ1v) is 41.7. The number of hydrogen-bond acceptors (Lipinski definition) is 18. The van der Waals surface area contributed by atoms with E-state index < -0.39 is 124 Å². The highest BCUT2D eigenvalue weighted by Crippen LogP contribution is 2.33. The summed E-state index contributed by atoms with van der Waals surface area (Å²) < 4.78 is 34.5. The fourth-order valence-corrected chi connectivity index (χ4v) is 13.8. The molecule has 0 aromatic rings. The maximum absolute atomic E-state index is 13.5. The van der Waals surface area contributed by atoms with Gasteiger partial charge < -0.3 is 89.9 Å². The van der Waals surface area contributed by atoms with E-state index in [9.17, 15) is 61.0 Å². The van der Waals surface area contributed by atoms with Crippen LogP contribution in [0, 0.1) is 0 Å². The van der Waals surface area contributed by atoms with Crippen LogP contribution in [0.5, 0.6) is 0 Å².